The van der Waals surface area contributed by atoms with Crippen LogP contribution in [0.3, 0.4) is 0 Å². The van der Waals surface area contributed by atoms with E-state index in [1.54, 1.807) is 0 Å². The molecule has 0 aliphatic carbocycles. The lowest BCUT2D eigenvalue weighted by atomic mass is 9.87. The molecule has 5 heteroatoms. The summed E-state index contributed by atoms with van der Waals surface area (Å²) in [7, 11) is 0. The second-order valence-corrected chi connectivity index (χ2v) is 7.56. The smallest absolute Gasteiger partial charge is 0.228 e. The van der Waals surface area contributed by atoms with E-state index in [0.717, 1.165) is 16.5 Å². The summed E-state index contributed by atoms with van der Waals surface area (Å²) in [4.78, 5) is 4.43. The van der Waals surface area contributed by atoms with Gasteiger partial charge in [0.15, 0.2) is 5.82 Å². The Balaban J connectivity index is 1.95. The standard InChI is InChI=1S/C16H22BrN3O/c1-16(2,3)10-13(18)9-15-19-14(20-21-15)8-11-5-4-6-12(17)7-11/h4-7,13H,8-10,18H2,1-3H3. The molecule has 0 radical (unpaired) electrons. The van der Waals surface area contributed by atoms with Crippen LogP contribution in [0.5, 0.6) is 0 Å². The van der Waals surface area contributed by atoms with E-state index < -0.39 is 0 Å². The van der Waals surface area contributed by atoms with Gasteiger partial charge >= 0.3 is 0 Å². The topological polar surface area (TPSA) is 64.9 Å². The lowest BCUT2D eigenvalue weighted by Crippen LogP contribution is -2.28. The average Bonchev–Trinajstić information content (AvgIpc) is 2.73. The minimum atomic E-state index is 0.0455. The van der Waals surface area contributed by atoms with Gasteiger partial charge < -0.3 is 10.3 Å². The molecule has 1 unspecified atom stereocenters. The van der Waals surface area contributed by atoms with Crippen molar-refractivity contribution in [3.63, 3.8) is 0 Å². The van der Waals surface area contributed by atoms with Crippen molar-refractivity contribution >= 4 is 15.9 Å². The molecule has 0 amide bonds. The van der Waals surface area contributed by atoms with Crippen LogP contribution in [0.25, 0.3) is 0 Å². The first kappa shape index (κ1) is 16.2. The molecular weight excluding hydrogens is 330 g/mol. The third-order valence-corrected chi connectivity index (χ3v) is 3.57. The van der Waals surface area contributed by atoms with Crippen LogP contribution in [0.2, 0.25) is 0 Å². The zero-order chi connectivity index (χ0) is 15.5. The maximum atomic E-state index is 6.14. The van der Waals surface area contributed by atoms with Gasteiger partial charge in [-0.25, -0.2) is 0 Å². The van der Waals surface area contributed by atoms with Crippen LogP contribution in [0.15, 0.2) is 33.3 Å². The van der Waals surface area contributed by atoms with Gasteiger partial charge in [-0.05, 0) is 29.5 Å². The van der Waals surface area contributed by atoms with Crippen molar-refractivity contribution in [2.75, 3.05) is 0 Å². The number of nitrogens with zero attached hydrogens (tertiary/aromatic N) is 2. The Morgan fingerprint density at radius 3 is 2.76 bits per heavy atom. The first-order chi connectivity index (χ1) is 9.82. The molecule has 0 saturated heterocycles. The summed E-state index contributed by atoms with van der Waals surface area (Å²) in [6.45, 7) is 6.54. The van der Waals surface area contributed by atoms with Crippen LogP contribution >= 0.6 is 15.9 Å². The Morgan fingerprint density at radius 1 is 1.33 bits per heavy atom. The van der Waals surface area contributed by atoms with Crippen LogP contribution < -0.4 is 5.73 Å². The van der Waals surface area contributed by atoms with E-state index in [1.165, 1.54) is 0 Å². The van der Waals surface area contributed by atoms with Gasteiger partial charge in [-0.15, -0.1) is 0 Å². The highest BCUT2D eigenvalue weighted by Gasteiger charge is 2.18. The molecule has 21 heavy (non-hydrogen) atoms. The number of benzene rings is 1. The Kier molecular flexibility index (Phi) is 5.17. The zero-order valence-electron chi connectivity index (χ0n) is 12.8. The maximum absolute atomic E-state index is 6.14. The third-order valence-electron chi connectivity index (χ3n) is 3.07. The summed E-state index contributed by atoms with van der Waals surface area (Å²) in [5, 5.41) is 4.03. The van der Waals surface area contributed by atoms with E-state index in [9.17, 15) is 0 Å². The van der Waals surface area contributed by atoms with E-state index in [-0.39, 0.29) is 11.5 Å². The van der Waals surface area contributed by atoms with Crippen LogP contribution in [0.4, 0.5) is 0 Å². The minimum Gasteiger partial charge on any atom is -0.339 e. The van der Waals surface area contributed by atoms with Crippen LogP contribution in [0, 0.1) is 5.41 Å². The van der Waals surface area contributed by atoms with Gasteiger partial charge in [-0.3, -0.25) is 0 Å². The molecule has 0 saturated carbocycles. The predicted octanol–water partition coefficient (Wildman–Crippen LogP) is 3.73. The number of halogens is 1. The van der Waals surface area contributed by atoms with E-state index in [4.69, 9.17) is 10.3 Å². The van der Waals surface area contributed by atoms with Crippen LogP contribution in [-0.2, 0) is 12.8 Å². The first-order valence-electron chi connectivity index (χ1n) is 7.13. The number of rotatable bonds is 5. The Morgan fingerprint density at radius 2 is 2.10 bits per heavy atom. The predicted molar refractivity (Wildman–Crippen MR) is 87.0 cm³/mol. The van der Waals surface area contributed by atoms with Crippen LogP contribution in [0.1, 0.15) is 44.5 Å². The van der Waals surface area contributed by atoms with Gasteiger partial charge in [0.2, 0.25) is 5.89 Å². The van der Waals surface area contributed by atoms with Crippen molar-refractivity contribution in [1.82, 2.24) is 10.1 Å². The molecule has 1 atom stereocenters. The van der Waals surface area contributed by atoms with Crippen molar-refractivity contribution in [3.05, 3.63) is 46.0 Å². The molecule has 2 N–H and O–H groups in total. The quantitative estimate of drug-likeness (QED) is 0.891. The Bertz CT molecular complexity index is 589. The summed E-state index contributed by atoms with van der Waals surface area (Å²) in [5.74, 6) is 1.32. The molecule has 0 aliphatic heterocycles. The summed E-state index contributed by atoms with van der Waals surface area (Å²) < 4.78 is 6.35. The molecule has 4 nitrogen and oxygen atoms in total. The number of hydrogen-bond donors (Lipinski definition) is 1. The Hall–Kier alpha value is -1.20. The molecule has 2 aromatic rings. The molecule has 0 aliphatic rings. The lowest BCUT2D eigenvalue weighted by Gasteiger charge is -2.21. The van der Waals surface area contributed by atoms with Gasteiger partial charge in [0.1, 0.15) is 0 Å². The lowest BCUT2D eigenvalue weighted by molar-refractivity contribution is 0.312. The van der Waals surface area contributed by atoms with Crippen molar-refractivity contribution < 1.29 is 4.52 Å². The fourth-order valence-corrected chi connectivity index (χ4v) is 2.80. The van der Waals surface area contributed by atoms with Gasteiger partial charge in [0, 0.05) is 23.4 Å². The minimum absolute atomic E-state index is 0.0455. The van der Waals surface area contributed by atoms with Gasteiger partial charge in [0.25, 0.3) is 0 Å². The molecule has 114 valence electrons. The summed E-state index contributed by atoms with van der Waals surface area (Å²) in [6, 6.07) is 8.15. The second kappa shape index (κ2) is 6.71. The normalized spacial score (nSPS) is 13.4. The molecule has 1 heterocycles. The summed E-state index contributed by atoms with van der Waals surface area (Å²) in [6.07, 6.45) is 2.22. The fraction of sp³-hybridized carbons (Fsp3) is 0.500. The van der Waals surface area contributed by atoms with E-state index >= 15 is 0 Å². The monoisotopic (exact) mass is 351 g/mol. The highest BCUT2D eigenvalue weighted by atomic mass is 79.9. The molecule has 0 bridgehead atoms. The highest BCUT2D eigenvalue weighted by Crippen LogP contribution is 2.21. The van der Waals surface area contributed by atoms with Crippen molar-refractivity contribution in [2.45, 2.75) is 46.1 Å². The van der Waals surface area contributed by atoms with Crippen molar-refractivity contribution in [1.29, 1.82) is 0 Å². The summed E-state index contributed by atoms with van der Waals surface area (Å²) >= 11 is 3.46. The van der Waals surface area contributed by atoms with E-state index in [1.807, 2.05) is 18.2 Å². The summed E-state index contributed by atoms with van der Waals surface area (Å²) in [5.41, 5.74) is 7.50. The second-order valence-electron chi connectivity index (χ2n) is 6.64. The molecule has 1 aromatic heterocycles. The maximum Gasteiger partial charge on any atom is 0.228 e. The van der Waals surface area contributed by atoms with Gasteiger partial charge in [-0.1, -0.05) is 54.0 Å². The highest BCUT2D eigenvalue weighted by molar-refractivity contribution is 9.10. The number of nitrogens with two attached hydrogens (primary N) is 1. The largest absolute Gasteiger partial charge is 0.339 e. The molecular formula is C16H22BrN3O. The fourth-order valence-electron chi connectivity index (χ4n) is 2.36. The number of aromatic nitrogens is 2. The first-order valence-corrected chi connectivity index (χ1v) is 7.92. The van der Waals surface area contributed by atoms with Crippen LogP contribution in [-0.4, -0.2) is 16.2 Å². The van der Waals surface area contributed by atoms with Gasteiger partial charge in [0.05, 0.1) is 0 Å². The molecule has 0 fully saturated rings. The Labute approximate surface area is 134 Å². The average molecular weight is 352 g/mol. The third kappa shape index (κ3) is 5.59. The SMILES string of the molecule is CC(C)(C)CC(N)Cc1nc(Cc2cccc(Br)c2)no1. The van der Waals surface area contributed by atoms with Crippen molar-refractivity contribution in [3.8, 4) is 0 Å². The molecule has 0 spiro atoms. The number of hydrogen-bond acceptors (Lipinski definition) is 4. The van der Waals surface area contributed by atoms with Gasteiger partial charge in [-0.2, -0.15) is 4.98 Å². The molecule has 1 aromatic carbocycles. The molecule has 2 rings (SSSR count). The van der Waals surface area contributed by atoms with Crippen molar-refractivity contribution in [2.24, 2.45) is 11.1 Å². The zero-order valence-corrected chi connectivity index (χ0v) is 14.4. The van der Waals surface area contributed by atoms with E-state index in [0.29, 0.717) is 24.6 Å². The van der Waals surface area contributed by atoms with E-state index in [2.05, 4.69) is 52.9 Å².